The van der Waals surface area contributed by atoms with Crippen molar-refractivity contribution in [3.63, 3.8) is 0 Å². The zero-order chi connectivity index (χ0) is 8.43. The van der Waals surface area contributed by atoms with Gasteiger partial charge in [0.25, 0.3) is 0 Å². The summed E-state index contributed by atoms with van der Waals surface area (Å²) in [5.41, 5.74) is 0. The van der Waals surface area contributed by atoms with Crippen LogP contribution in [0.2, 0.25) is 0 Å². The van der Waals surface area contributed by atoms with Crippen LogP contribution in [0.25, 0.3) is 0 Å². The predicted molar refractivity (Wildman–Crippen MR) is 49.6 cm³/mol. The Kier molecular flexibility index (Phi) is 2.94. The third-order valence-corrected chi connectivity index (χ3v) is 3.05. The molecule has 1 aliphatic rings. The third kappa shape index (κ3) is 1.96. The maximum absolute atomic E-state index is 2.47. The van der Waals surface area contributed by atoms with Gasteiger partial charge in [-0.2, -0.15) is 0 Å². The van der Waals surface area contributed by atoms with Crippen molar-refractivity contribution < 1.29 is 0 Å². The highest BCUT2D eigenvalue weighted by atomic mass is 15.1. The second-order valence-corrected chi connectivity index (χ2v) is 4.30. The Morgan fingerprint density at radius 3 is 2.36 bits per heavy atom. The first-order valence-electron chi connectivity index (χ1n) is 4.83. The van der Waals surface area contributed by atoms with Crippen LogP contribution in [0.15, 0.2) is 0 Å². The van der Waals surface area contributed by atoms with Crippen molar-refractivity contribution in [3.05, 3.63) is 0 Å². The van der Waals surface area contributed by atoms with Gasteiger partial charge in [-0.15, -0.1) is 0 Å². The van der Waals surface area contributed by atoms with E-state index in [0.717, 1.165) is 17.8 Å². The Hall–Kier alpha value is -0.0400. The predicted octanol–water partition coefficient (Wildman–Crippen LogP) is 2.23. The zero-order valence-electron chi connectivity index (χ0n) is 8.30. The molecule has 0 aromatic heterocycles. The molecule has 66 valence electrons. The maximum atomic E-state index is 2.47. The second kappa shape index (κ2) is 3.57. The third-order valence-electron chi connectivity index (χ3n) is 3.05. The first-order chi connectivity index (χ1) is 5.15. The van der Waals surface area contributed by atoms with E-state index in [9.17, 15) is 0 Å². The Balaban J connectivity index is 2.50. The maximum Gasteiger partial charge on any atom is 0.00123 e. The Morgan fingerprint density at radius 2 is 2.00 bits per heavy atom. The molecule has 2 atom stereocenters. The van der Waals surface area contributed by atoms with Gasteiger partial charge in [0.1, 0.15) is 0 Å². The summed E-state index contributed by atoms with van der Waals surface area (Å²) < 4.78 is 0. The summed E-state index contributed by atoms with van der Waals surface area (Å²) in [5, 5.41) is 0. The van der Waals surface area contributed by atoms with Gasteiger partial charge in [-0.05, 0) is 24.8 Å². The average Bonchev–Trinajstić information content (AvgIpc) is 2.30. The van der Waals surface area contributed by atoms with Gasteiger partial charge in [-0.25, -0.2) is 0 Å². The molecule has 2 unspecified atom stereocenters. The summed E-state index contributed by atoms with van der Waals surface area (Å²) in [4.78, 5) is 2.47. The molecule has 0 radical (unpaired) electrons. The van der Waals surface area contributed by atoms with E-state index in [1.165, 1.54) is 19.5 Å². The molecule has 1 fully saturated rings. The van der Waals surface area contributed by atoms with Crippen LogP contribution in [0.4, 0.5) is 0 Å². The van der Waals surface area contributed by atoms with Crippen molar-refractivity contribution >= 4 is 0 Å². The lowest BCUT2D eigenvalue weighted by Gasteiger charge is -2.20. The summed E-state index contributed by atoms with van der Waals surface area (Å²) in [6, 6.07) is 0. The molecular formula is C10H21N. The van der Waals surface area contributed by atoms with E-state index >= 15 is 0 Å². The van der Waals surface area contributed by atoms with E-state index in [2.05, 4.69) is 32.7 Å². The lowest BCUT2D eigenvalue weighted by atomic mass is 9.85. The summed E-state index contributed by atoms with van der Waals surface area (Å²) in [6.07, 6.45) is 1.35. The highest BCUT2D eigenvalue weighted by Gasteiger charge is 2.30. The minimum Gasteiger partial charge on any atom is -0.306 e. The number of hydrogen-bond donors (Lipinski definition) is 0. The highest BCUT2D eigenvalue weighted by molar-refractivity contribution is 4.82. The number of hydrogen-bond acceptors (Lipinski definition) is 1. The lowest BCUT2D eigenvalue weighted by Crippen LogP contribution is -2.18. The van der Waals surface area contributed by atoms with Gasteiger partial charge in [-0.1, -0.05) is 27.2 Å². The van der Waals surface area contributed by atoms with Crippen molar-refractivity contribution in [1.82, 2.24) is 4.90 Å². The van der Waals surface area contributed by atoms with Crippen LogP contribution in [-0.2, 0) is 0 Å². The SMILES string of the molecule is CCC1CN(C)CC1C(C)C. The molecule has 0 saturated carbocycles. The number of rotatable bonds is 2. The molecule has 0 N–H and O–H groups in total. The first-order valence-corrected chi connectivity index (χ1v) is 4.83. The van der Waals surface area contributed by atoms with Gasteiger partial charge in [0.05, 0.1) is 0 Å². The lowest BCUT2D eigenvalue weighted by molar-refractivity contribution is 0.309. The molecule has 11 heavy (non-hydrogen) atoms. The molecule has 0 amide bonds. The fraction of sp³-hybridized carbons (Fsp3) is 1.00. The van der Waals surface area contributed by atoms with Crippen LogP contribution in [-0.4, -0.2) is 25.0 Å². The van der Waals surface area contributed by atoms with Gasteiger partial charge < -0.3 is 4.90 Å². The minimum atomic E-state index is 0.866. The minimum absolute atomic E-state index is 0.866. The summed E-state index contributed by atoms with van der Waals surface area (Å²) in [5.74, 6) is 2.77. The normalized spacial score (nSPS) is 33.5. The van der Waals surface area contributed by atoms with Crippen LogP contribution in [0, 0.1) is 17.8 Å². The van der Waals surface area contributed by atoms with Crippen LogP contribution < -0.4 is 0 Å². The quantitative estimate of drug-likeness (QED) is 0.591. The van der Waals surface area contributed by atoms with E-state index in [1.54, 1.807) is 0 Å². The Labute approximate surface area is 70.8 Å². The zero-order valence-corrected chi connectivity index (χ0v) is 8.30. The molecule has 0 aliphatic carbocycles. The Bertz CT molecular complexity index is 120. The standard InChI is InChI=1S/C10H21N/c1-5-9-6-11(4)7-10(9)8(2)3/h8-10H,5-7H2,1-4H3. The summed E-state index contributed by atoms with van der Waals surface area (Å²) >= 11 is 0. The van der Waals surface area contributed by atoms with Gasteiger partial charge >= 0.3 is 0 Å². The molecular weight excluding hydrogens is 134 g/mol. The second-order valence-electron chi connectivity index (χ2n) is 4.30. The van der Waals surface area contributed by atoms with E-state index in [0.29, 0.717) is 0 Å². The van der Waals surface area contributed by atoms with Crippen molar-refractivity contribution in [1.29, 1.82) is 0 Å². The van der Waals surface area contributed by atoms with Gasteiger partial charge in [0.2, 0.25) is 0 Å². The molecule has 1 heteroatoms. The monoisotopic (exact) mass is 155 g/mol. The smallest absolute Gasteiger partial charge is 0.00123 e. The largest absolute Gasteiger partial charge is 0.306 e. The number of nitrogens with zero attached hydrogens (tertiary/aromatic N) is 1. The molecule has 1 nitrogen and oxygen atoms in total. The molecule has 0 aromatic rings. The van der Waals surface area contributed by atoms with Crippen LogP contribution in [0.3, 0.4) is 0 Å². The molecule has 0 spiro atoms. The first kappa shape index (κ1) is 9.05. The van der Waals surface area contributed by atoms with Crippen molar-refractivity contribution in [3.8, 4) is 0 Å². The number of likely N-dealkylation sites (tertiary alicyclic amines) is 1. The van der Waals surface area contributed by atoms with Gasteiger partial charge in [0, 0.05) is 13.1 Å². The van der Waals surface area contributed by atoms with Crippen molar-refractivity contribution in [2.75, 3.05) is 20.1 Å². The Morgan fingerprint density at radius 1 is 1.36 bits per heavy atom. The van der Waals surface area contributed by atoms with E-state index < -0.39 is 0 Å². The molecule has 1 heterocycles. The average molecular weight is 155 g/mol. The van der Waals surface area contributed by atoms with E-state index in [-0.39, 0.29) is 0 Å². The molecule has 0 aromatic carbocycles. The van der Waals surface area contributed by atoms with Gasteiger partial charge in [-0.3, -0.25) is 0 Å². The van der Waals surface area contributed by atoms with Crippen LogP contribution >= 0.6 is 0 Å². The summed E-state index contributed by atoms with van der Waals surface area (Å²) in [6.45, 7) is 9.66. The fourth-order valence-electron chi connectivity index (χ4n) is 2.31. The van der Waals surface area contributed by atoms with Gasteiger partial charge in [0.15, 0.2) is 0 Å². The molecule has 1 aliphatic heterocycles. The molecule has 1 saturated heterocycles. The summed E-state index contributed by atoms with van der Waals surface area (Å²) in [7, 11) is 2.24. The van der Waals surface area contributed by atoms with Crippen molar-refractivity contribution in [2.24, 2.45) is 17.8 Å². The fourth-order valence-corrected chi connectivity index (χ4v) is 2.31. The van der Waals surface area contributed by atoms with E-state index in [1.807, 2.05) is 0 Å². The van der Waals surface area contributed by atoms with Crippen LogP contribution in [0.1, 0.15) is 27.2 Å². The van der Waals surface area contributed by atoms with Crippen molar-refractivity contribution in [2.45, 2.75) is 27.2 Å². The topological polar surface area (TPSA) is 3.24 Å². The molecule has 0 bridgehead atoms. The molecule has 1 rings (SSSR count). The highest BCUT2D eigenvalue weighted by Crippen LogP contribution is 2.30. The van der Waals surface area contributed by atoms with Crippen LogP contribution in [0.5, 0.6) is 0 Å². The van der Waals surface area contributed by atoms with E-state index in [4.69, 9.17) is 0 Å².